The van der Waals surface area contributed by atoms with Crippen molar-refractivity contribution in [3.63, 3.8) is 0 Å². The molecule has 1 N–H and O–H groups in total. The van der Waals surface area contributed by atoms with Crippen LogP contribution in [0.25, 0.3) is 0 Å². The summed E-state index contributed by atoms with van der Waals surface area (Å²) in [7, 11) is 3.55. The molecule has 1 rings (SSSR count). The molecule has 0 spiro atoms. The molecule has 1 aliphatic heterocycles. The molecule has 1 aliphatic rings. The second-order valence-corrected chi connectivity index (χ2v) is 3.38. The molecular weight excluding hydrogens is 190 g/mol. The highest BCUT2D eigenvalue weighted by Crippen LogP contribution is 2.25. The van der Waals surface area contributed by atoms with Crippen LogP contribution in [-0.2, 0) is 9.47 Å². The van der Waals surface area contributed by atoms with Gasteiger partial charge in [-0.3, -0.25) is 0 Å². The van der Waals surface area contributed by atoms with E-state index in [0.29, 0.717) is 0 Å². The molecule has 0 aromatic carbocycles. The number of nitrogens with one attached hydrogen (secondary N) is 1. The van der Waals surface area contributed by atoms with Crippen LogP contribution >= 0.6 is 12.4 Å². The van der Waals surface area contributed by atoms with Gasteiger partial charge in [0.05, 0.1) is 5.60 Å². The van der Waals surface area contributed by atoms with Crippen molar-refractivity contribution in [3.8, 4) is 0 Å². The zero-order valence-electron chi connectivity index (χ0n) is 8.47. The van der Waals surface area contributed by atoms with Crippen LogP contribution in [-0.4, -0.2) is 39.5 Å². The minimum atomic E-state index is 0. The first-order valence-electron chi connectivity index (χ1n) is 4.58. The minimum Gasteiger partial charge on any atom is -0.385 e. The van der Waals surface area contributed by atoms with E-state index in [1.165, 1.54) is 0 Å². The number of rotatable bonds is 4. The Kier molecular flexibility index (Phi) is 6.68. The van der Waals surface area contributed by atoms with E-state index in [1.54, 1.807) is 14.2 Å². The molecule has 0 aliphatic carbocycles. The van der Waals surface area contributed by atoms with Gasteiger partial charge in [-0.05, 0) is 32.4 Å². The van der Waals surface area contributed by atoms with E-state index in [1.807, 2.05) is 0 Å². The Labute approximate surface area is 86.6 Å². The summed E-state index contributed by atoms with van der Waals surface area (Å²) >= 11 is 0. The highest BCUT2D eigenvalue weighted by Gasteiger charge is 2.30. The van der Waals surface area contributed by atoms with Gasteiger partial charge in [0.15, 0.2) is 0 Å². The first-order chi connectivity index (χ1) is 5.83. The van der Waals surface area contributed by atoms with Crippen molar-refractivity contribution in [1.29, 1.82) is 0 Å². The summed E-state index contributed by atoms with van der Waals surface area (Å²) in [6, 6.07) is 0. The Morgan fingerprint density at radius 2 is 1.85 bits per heavy atom. The van der Waals surface area contributed by atoms with Crippen LogP contribution < -0.4 is 5.32 Å². The van der Waals surface area contributed by atoms with Gasteiger partial charge in [-0.15, -0.1) is 12.4 Å². The van der Waals surface area contributed by atoms with E-state index >= 15 is 0 Å². The van der Waals surface area contributed by atoms with Crippen LogP contribution in [0.4, 0.5) is 0 Å². The molecule has 80 valence electrons. The molecule has 1 heterocycles. The topological polar surface area (TPSA) is 30.5 Å². The number of ether oxygens (including phenoxy) is 2. The molecular formula is C9H20ClNO2. The van der Waals surface area contributed by atoms with Crippen molar-refractivity contribution in [2.75, 3.05) is 33.9 Å². The zero-order chi connectivity index (χ0) is 8.86. The van der Waals surface area contributed by atoms with E-state index in [-0.39, 0.29) is 18.0 Å². The summed E-state index contributed by atoms with van der Waals surface area (Å²) in [6.45, 7) is 2.93. The fourth-order valence-electron chi connectivity index (χ4n) is 1.73. The molecule has 0 saturated carbocycles. The van der Waals surface area contributed by atoms with Crippen molar-refractivity contribution >= 4 is 12.4 Å². The van der Waals surface area contributed by atoms with Crippen LogP contribution in [0.2, 0.25) is 0 Å². The number of halogens is 1. The predicted octanol–water partition coefficient (Wildman–Crippen LogP) is 1.21. The Morgan fingerprint density at radius 1 is 1.23 bits per heavy atom. The summed E-state index contributed by atoms with van der Waals surface area (Å²) in [5.74, 6) is 0. The van der Waals surface area contributed by atoms with E-state index < -0.39 is 0 Å². The maximum Gasteiger partial charge on any atom is 0.0724 e. The number of hydrogen-bond acceptors (Lipinski definition) is 3. The fraction of sp³-hybridized carbons (Fsp3) is 1.00. The molecule has 4 heteroatoms. The van der Waals surface area contributed by atoms with Gasteiger partial charge in [0, 0.05) is 20.8 Å². The molecule has 0 amide bonds. The molecule has 0 aromatic rings. The van der Waals surface area contributed by atoms with Gasteiger partial charge in [-0.1, -0.05) is 0 Å². The van der Waals surface area contributed by atoms with Gasteiger partial charge >= 0.3 is 0 Å². The summed E-state index contributed by atoms with van der Waals surface area (Å²) in [5.41, 5.74) is 0.0846. The van der Waals surface area contributed by atoms with Crippen LogP contribution in [0.3, 0.4) is 0 Å². The normalized spacial score (nSPS) is 20.8. The Hall–Kier alpha value is 0.170. The molecule has 0 atom stereocenters. The second kappa shape index (κ2) is 6.60. The van der Waals surface area contributed by atoms with Crippen LogP contribution in [0.1, 0.15) is 19.3 Å². The largest absolute Gasteiger partial charge is 0.385 e. The highest BCUT2D eigenvalue weighted by atomic mass is 35.5. The van der Waals surface area contributed by atoms with Crippen molar-refractivity contribution in [1.82, 2.24) is 5.32 Å². The second-order valence-electron chi connectivity index (χ2n) is 3.38. The van der Waals surface area contributed by atoms with Crippen molar-refractivity contribution in [2.24, 2.45) is 0 Å². The van der Waals surface area contributed by atoms with Crippen molar-refractivity contribution in [3.05, 3.63) is 0 Å². The first-order valence-corrected chi connectivity index (χ1v) is 4.58. The van der Waals surface area contributed by atoms with E-state index in [0.717, 1.165) is 39.0 Å². The molecule has 0 unspecified atom stereocenters. The van der Waals surface area contributed by atoms with Crippen molar-refractivity contribution < 1.29 is 9.47 Å². The summed E-state index contributed by atoms with van der Waals surface area (Å²) in [6.07, 6.45) is 3.22. The summed E-state index contributed by atoms with van der Waals surface area (Å²) in [5, 5.41) is 3.33. The first kappa shape index (κ1) is 13.2. The molecule has 3 nitrogen and oxygen atoms in total. The predicted molar refractivity (Wildman–Crippen MR) is 55.6 cm³/mol. The fourth-order valence-corrected chi connectivity index (χ4v) is 1.73. The maximum absolute atomic E-state index is 5.56. The third-order valence-electron chi connectivity index (χ3n) is 2.71. The lowest BCUT2D eigenvalue weighted by atomic mass is 9.89. The van der Waals surface area contributed by atoms with Gasteiger partial charge in [-0.25, -0.2) is 0 Å². The molecule has 13 heavy (non-hydrogen) atoms. The number of piperidine rings is 1. The Balaban J connectivity index is 0.00000144. The third kappa shape index (κ3) is 3.81. The van der Waals surface area contributed by atoms with Gasteiger partial charge < -0.3 is 14.8 Å². The van der Waals surface area contributed by atoms with Crippen LogP contribution in [0, 0.1) is 0 Å². The SMILES string of the molecule is COCCC1(OC)CCNCC1.Cl. The van der Waals surface area contributed by atoms with E-state index in [4.69, 9.17) is 9.47 Å². The number of hydrogen-bond donors (Lipinski definition) is 1. The molecule has 1 saturated heterocycles. The smallest absolute Gasteiger partial charge is 0.0724 e. The lowest BCUT2D eigenvalue weighted by Gasteiger charge is -2.36. The summed E-state index contributed by atoms with van der Waals surface area (Å²) < 4.78 is 10.6. The van der Waals surface area contributed by atoms with Gasteiger partial charge in [-0.2, -0.15) is 0 Å². The van der Waals surface area contributed by atoms with Crippen molar-refractivity contribution in [2.45, 2.75) is 24.9 Å². The van der Waals surface area contributed by atoms with Gasteiger partial charge in [0.1, 0.15) is 0 Å². The average Bonchev–Trinajstić information content (AvgIpc) is 2.16. The standard InChI is InChI=1S/C9H19NO2.ClH/c1-11-8-5-9(12-2)3-6-10-7-4-9;/h10H,3-8H2,1-2H3;1H. The average molecular weight is 210 g/mol. The lowest BCUT2D eigenvalue weighted by Crippen LogP contribution is -2.44. The Morgan fingerprint density at radius 3 is 2.31 bits per heavy atom. The van der Waals surface area contributed by atoms with E-state index in [2.05, 4.69) is 5.32 Å². The van der Waals surface area contributed by atoms with E-state index in [9.17, 15) is 0 Å². The molecule has 0 bridgehead atoms. The molecule has 1 fully saturated rings. The monoisotopic (exact) mass is 209 g/mol. The third-order valence-corrected chi connectivity index (χ3v) is 2.71. The van der Waals surface area contributed by atoms with Crippen LogP contribution in [0.5, 0.6) is 0 Å². The van der Waals surface area contributed by atoms with Gasteiger partial charge in [0.25, 0.3) is 0 Å². The van der Waals surface area contributed by atoms with Gasteiger partial charge in [0.2, 0.25) is 0 Å². The zero-order valence-corrected chi connectivity index (χ0v) is 9.28. The quantitative estimate of drug-likeness (QED) is 0.755. The lowest BCUT2D eigenvalue weighted by molar-refractivity contribution is -0.0532. The van der Waals surface area contributed by atoms with Crippen LogP contribution in [0.15, 0.2) is 0 Å². The highest BCUT2D eigenvalue weighted by molar-refractivity contribution is 5.85. The molecule has 0 aromatic heterocycles. The summed E-state index contributed by atoms with van der Waals surface area (Å²) in [4.78, 5) is 0. The molecule has 0 radical (unpaired) electrons. The number of methoxy groups -OCH3 is 2. The minimum absolute atomic E-state index is 0. The Bertz CT molecular complexity index is 127. The maximum atomic E-state index is 5.56.